The summed E-state index contributed by atoms with van der Waals surface area (Å²) < 4.78 is 15.5. The molecule has 1 aliphatic rings. The molecular weight excluding hydrogens is 401 g/mol. The molecule has 164 valence electrons. The average molecular weight is 430 g/mol. The topological polar surface area (TPSA) is 57.8 Å². The van der Waals surface area contributed by atoms with Crippen molar-refractivity contribution in [1.29, 1.82) is 5.26 Å². The Morgan fingerprint density at radius 3 is 2.62 bits per heavy atom. The van der Waals surface area contributed by atoms with E-state index in [1.165, 1.54) is 18.6 Å². The summed E-state index contributed by atoms with van der Waals surface area (Å²) in [5, 5.41) is 13.8. The second kappa shape index (κ2) is 9.40. The number of fused-ring (bicyclic) bond motifs is 1. The van der Waals surface area contributed by atoms with E-state index in [1.807, 2.05) is 31.2 Å². The first-order chi connectivity index (χ1) is 15.5. The van der Waals surface area contributed by atoms with Crippen molar-refractivity contribution in [2.45, 2.75) is 52.1 Å². The number of nitriles is 1. The maximum atomic E-state index is 13.3. The minimum absolute atomic E-state index is 0.119. The van der Waals surface area contributed by atoms with Crippen molar-refractivity contribution in [3.8, 4) is 6.07 Å². The molecule has 1 fully saturated rings. The number of para-hydroxylation sites is 1. The Labute approximate surface area is 188 Å². The fourth-order valence-electron chi connectivity index (χ4n) is 4.69. The number of rotatable bonds is 5. The first-order valence-electron chi connectivity index (χ1n) is 11.2. The number of hydrogen-bond acceptors (Lipinski definition) is 2. The molecule has 0 aliphatic heterocycles. The van der Waals surface area contributed by atoms with E-state index in [1.54, 1.807) is 18.2 Å². The third-order valence-corrected chi connectivity index (χ3v) is 6.62. The van der Waals surface area contributed by atoms with Gasteiger partial charge >= 0.3 is 0 Å². The largest absolute Gasteiger partial charge is 0.348 e. The molecule has 1 heterocycles. The zero-order chi connectivity index (χ0) is 22.7. The summed E-state index contributed by atoms with van der Waals surface area (Å²) in [5.41, 5.74) is 3.94. The van der Waals surface area contributed by atoms with Gasteiger partial charge in [0.05, 0.1) is 0 Å². The number of hydrogen-bond donors (Lipinski definition) is 1. The number of benzene rings is 2. The van der Waals surface area contributed by atoms with Crippen molar-refractivity contribution in [3.63, 3.8) is 0 Å². The van der Waals surface area contributed by atoms with E-state index in [9.17, 15) is 14.4 Å². The molecule has 1 N–H and O–H groups in total. The molecule has 4 rings (SSSR count). The quantitative estimate of drug-likeness (QED) is 0.415. The highest BCUT2D eigenvalue weighted by atomic mass is 19.1. The predicted octanol–water partition coefficient (Wildman–Crippen LogP) is 5.74. The van der Waals surface area contributed by atoms with Crippen LogP contribution in [-0.4, -0.2) is 16.5 Å². The lowest BCUT2D eigenvalue weighted by Crippen LogP contribution is -2.41. The summed E-state index contributed by atoms with van der Waals surface area (Å²) in [6, 6.07) is 16.7. The van der Waals surface area contributed by atoms with Gasteiger partial charge in [0.25, 0.3) is 5.91 Å². The van der Waals surface area contributed by atoms with Crippen molar-refractivity contribution in [1.82, 2.24) is 9.88 Å². The van der Waals surface area contributed by atoms with Crippen molar-refractivity contribution in [2.75, 3.05) is 0 Å². The highest BCUT2D eigenvalue weighted by Crippen LogP contribution is 2.29. The average Bonchev–Trinajstić information content (AvgIpc) is 3.06. The van der Waals surface area contributed by atoms with Gasteiger partial charge in [0, 0.05) is 34.7 Å². The molecule has 4 nitrogen and oxygen atoms in total. The lowest BCUT2D eigenvalue weighted by atomic mass is 9.86. The standard InChI is InChI=1S/C27H28FN3O/c1-18-7-3-5-9-25(18)30-27(32)21(16-29)15-24-19(2)31(26-10-6-4-8-23(24)26)17-20-11-13-22(28)14-12-20/h4,6,8,10-15,18,25H,3,5,7,9,17H2,1-2H3,(H,30,32)/b21-15+. The highest BCUT2D eigenvalue weighted by molar-refractivity contribution is 6.04. The molecule has 2 atom stereocenters. The summed E-state index contributed by atoms with van der Waals surface area (Å²) in [4.78, 5) is 12.9. The third-order valence-electron chi connectivity index (χ3n) is 6.62. The van der Waals surface area contributed by atoms with Crippen LogP contribution in [-0.2, 0) is 11.3 Å². The first kappa shape index (κ1) is 21.8. The number of amides is 1. The Balaban J connectivity index is 1.69. The Kier molecular flexibility index (Phi) is 6.41. The van der Waals surface area contributed by atoms with Gasteiger partial charge in [-0.2, -0.15) is 5.26 Å². The van der Waals surface area contributed by atoms with E-state index < -0.39 is 0 Å². The fraction of sp³-hybridized carbons (Fsp3) is 0.333. The van der Waals surface area contributed by atoms with Gasteiger partial charge in [-0.15, -0.1) is 0 Å². The van der Waals surface area contributed by atoms with E-state index >= 15 is 0 Å². The van der Waals surface area contributed by atoms with Crippen LogP contribution in [0, 0.1) is 30.0 Å². The lowest BCUT2D eigenvalue weighted by Gasteiger charge is -2.29. The number of carbonyl (C=O) groups excluding carboxylic acids is 1. The van der Waals surface area contributed by atoms with Gasteiger partial charge in [-0.25, -0.2) is 4.39 Å². The number of aromatic nitrogens is 1. The smallest absolute Gasteiger partial charge is 0.262 e. The van der Waals surface area contributed by atoms with E-state index in [-0.39, 0.29) is 23.3 Å². The van der Waals surface area contributed by atoms with Crippen LogP contribution < -0.4 is 5.32 Å². The van der Waals surface area contributed by atoms with E-state index in [4.69, 9.17) is 0 Å². The molecule has 5 heteroatoms. The normalized spacial score (nSPS) is 19.0. The van der Waals surface area contributed by atoms with Gasteiger partial charge < -0.3 is 9.88 Å². The number of carbonyl (C=O) groups is 1. The van der Waals surface area contributed by atoms with Gasteiger partial charge in [-0.1, -0.05) is 50.1 Å². The Hall–Kier alpha value is -3.39. The summed E-state index contributed by atoms with van der Waals surface area (Å²) >= 11 is 0. The van der Waals surface area contributed by atoms with Gasteiger partial charge in [-0.05, 0) is 55.5 Å². The van der Waals surface area contributed by atoms with E-state index in [2.05, 4.69) is 22.9 Å². The van der Waals surface area contributed by atoms with Gasteiger partial charge in [0.1, 0.15) is 17.5 Å². The molecule has 0 radical (unpaired) electrons. The van der Waals surface area contributed by atoms with Crippen molar-refractivity contribution in [2.24, 2.45) is 5.92 Å². The van der Waals surface area contributed by atoms with Crippen LogP contribution in [0.25, 0.3) is 17.0 Å². The molecule has 2 aromatic carbocycles. The van der Waals surface area contributed by atoms with E-state index in [0.29, 0.717) is 12.5 Å². The molecule has 0 bridgehead atoms. The first-order valence-corrected chi connectivity index (χ1v) is 11.2. The Morgan fingerprint density at radius 2 is 1.91 bits per heavy atom. The van der Waals surface area contributed by atoms with Crippen LogP contribution >= 0.6 is 0 Å². The molecule has 2 unspecified atom stereocenters. The van der Waals surface area contributed by atoms with Gasteiger partial charge in [0.2, 0.25) is 0 Å². The molecule has 32 heavy (non-hydrogen) atoms. The molecule has 1 amide bonds. The summed E-state index contributed by atoms with van der Waals surface area (Å²) in [5.74, 6) is -0.142. The zero-order valence-corrected chi connectivity index (χ0v) is 18.6. The minimum Gasteiger partial charge on any atom is -0.348 e. The molecule has 1 saturated carbocycles. The number of halogens is 1. The van der Waals surface area contributed by atoms with Crippen LogP contribution in [0.1, 0.15) is 49.4 Å². The molecule has 1 aromatic heterocycles. The summed E-state index contributed by atoms with van der Waals surface area (Å²) in [6.45, 7) is 4.73. The maximum absolute atomic E-state index is 13.3. The fourth-order valence-corrected chi connectivity index (χ4v) is 4.69. The van der Waals surface area contributed by atoms with Gasteiger partial charge in [-0.3, -0.25) is 4.79 Å². The van der Waals surface area contributed by atoms with Crippen molar-refractivity contribution < 1.29 is 9.18 Å². The SMILES string of the molecule is Cc1c(/C=C(\C#N)C(=O)NC2CCCCC2C)c2ccccc2n1Cc1ccc(F)cc1. The molecule has 0 saturated heterocycles. The molecule has 3 aromatic rings. The van der Waals surface area contributed by atoms with Crippen LogP contribution in [0.5, 0.6) is 0 Å². The second-order valence-electron chi connectivity index (χ2n) is 8.74. The highest BCUT2D eigenvalue weighted by Gasteiger charge is 2.24. The molecule has 1 aliphatic carbocycles. The summed E-state index contributed by atoms with van der Waals surface area (Å²) in [6.07, 6.45) is 6.08. The minimum atomic E-state index is -0.305. The second-order valence-corrected chi connectivity index (χ2v) is 8.74. The van der Waals surface area contributed by atoms with Crippen molar-refractivity contribution in [3.05, 3.63) is 76.7 Å². The maximum Gasteiger partial charge on any atom is 0.262 e. The monoisotopic (exact) mass is 429 g/mol. The molecular formula is C27H28FN3O. The summed E-state index contributed by atoms with van der Waals surface area (Å²) in [7, 11) is 0. The van der Waals surface area contributed by atoms with Crippen LogP contribution in [0.3, 0.4) is 0 Å². The predicted molar refractivity (Wildman–Crippen MR) is 125 cm³/mol. The molecule has 0 spiro atoms. The lowest BCUT2D eigenvalue weighted by molar-refractivity contribution is -0.118. The van der Waals surface area contributed by atoms with Crippen LogP contribution in [0.15, 0.2) is 54.1 Å². The van der Waals surface area contributed by atoms with E-state index in [0.717, 1.165) is 47.0 Å². The number of nitrogens with zero attached hydrogens (tertiary/aromatic N) is 2. The van der Waals surface area contributed by atoms with Crippen LogP contribution in [0.2, 0.25) is 0 Å². The zero-order valence-electron chi connectivity index (χ0n) is 18.6. The number of nitrogens with one attached hydrogen (secondary N) is 1. The van der Waals surface area contributed by atoms with Gasteiger partial charge in [0.15, 0.2) is 0 Å². The Bertz CT molecular complexity index is 1200. The third kappa shape index (κ3) is 4.45. The van der Waals surface area contributed by atoms with Crippen molar-refractivity contribution >= 4 is 22.9 Å². The van der Waals surface area contributed by atoms with Crippen LogP contribution in [0.4, 0.5) is 4.39 Å². The Morgan fingerprint density at radius 1 is 1.19 bits per heavy atom.